The molecular weight excluding hydrogens is 411 g/mol. The number of nitrogens with zero attached hydrogens (tertiary/aromatic N) is 4. The van der Waals surface area contributed by atoms with Crippen LogP contribution in [-0.4, -0.2) is 59.0 Å². The van der Waals surface area contributed by atoms with Gasteiger partial charge in [-0.15, -0.1) is 0 Å². The number of aromatic amines is 1. The average molecular weight is 439 g/mol. The van der Waals surface area contributed by atoms with Gasteiger partial charge in [0.1, 0.15) is 11.4 Å². The first-order valence-electron chi connectivity index (χ1n) is 10.8. The van der Waals surface area contributed by atoms with E-state index < -0.39 is 11.9 Å². The summed E-state index contributed by atoms with van der Waals surface area (Å²) in [7, 11) is 1.49. The third-order valence-corrected chi connectivity index (χ3v) is 6.04. The van der Waals surface area contributed by atoms with Crippen molar-refractivity contribution >= 4 is 22.6 Å². The second-order valence-electron chi connectivity index (χ2n) is 7.96. The molecular formula is C23H27FN6O2. The van der Waals surface area contributed by atoms with E-state index in [4.69, 9.17) is 0 Å². The lowest BCUT2D eigenvalue weighted by Gasteiger charge is -2.36. The van der Waals surface area contributed by atoms with E-state index >= 15 is 0 Å². The summed E-state index contributed by atoms with van der Waals surface area (Å²) in [4.78, 5) is 39.4. The number of amides is 1. The first kappa shape index (κ1) is 21.9. The van der Waals surface area contributed by atoms with Crippen LogP contribution in [0.15, 0.2) is 29.1 Å². The van der Waals surface area contributed by atoms with Crippen LogP contribution >= 0.6 is 0 Å². The zero-order valence-electron chi connectivity index (χ0n) is 18.5. The van der Waals surface area contributed by atoms with Crippen molar-refractivity contribution in [2.45, 2.75) is 26.8 Å². The molecule has 4 rings (SSSR count). The lowest BCUT2D eigenvalue weighted by atomic mass is 10.1. The number of anilines is 1. The summed E-state index contributed by atoms with van der Waals surface area (Å²) in [5.74, 6) is -1.04. The van der Waals surface area contributed by atoms with Gasteiger partial charge in [0.15, 0.2) is 0 Å². The van der Waals surface area contributed by atoms with Crippen molar-refractivity contribution in [2.75, 3.05) is 38.1 Å². The fourth-order valence-electron chi connectivity index (χ4n) is 4.09. The molecule has 1 aliphatic rings. The first-order valence-corrected chi connectivity index (χ1v) is 10.8. The number of fused-ring (bicyclic) bond motifs is 1. The monoisotopic (exact) mass is 438 g/mol. The minimum atomic E-state index is -0.632. The van der Waals surface area contributed by atoms with E-state index in [1.807, 2.05) is 24.8 Å². The van der Waals surface area contributed by atoms with Crippen LogP contribution in [0.1, 0.15) is 34.2 Å². The molecule has 8 nitrogen and oxygen atoms in total. The summed E-state index contributed by atoms with van der Waals surface area (Å²) >= 11 is 0. The Morgan fingerprint density at radius 2 is 1.91 bits per heavy atom. The minimum absolute atomic E-state index is 0.0674. The van der Waals surface area contributed by atoms with E-state index in [-0.39, 0.29) is 11.3 Å². The third kappa shape index (κ3) is 4.20. The summed E-state index contributed by atoms with van der Waals surface area (Å²) < 4.78 is 14.5. The quantitative estimate of drug-likeness (QED) is 0.592. The molecule has 3 heterocycles. The van der Waals surface area contributed by atoms with Gasteiger partial charge in [-0.25, -0.2) is 9.97 Å². The van der Waals surface area contributed by atoms with Crippen LogP contribution in [0.3, 0.4) is 0 Å². The maximum atomic E-state index is 14.5. The van der Waals surface area contributed by atoms with Crippen LogP contribution in [0.4, 0.5) is 10.1 Å². The van der Waals surface area contributed by atoms with Crippen LogP contribution in [0.5, 0.6) is 0 Å². The predicted octanol–water partition coefficient (Wildman–Crippen LogP) is 2.01. The molecule has 3 aromatic rings. The molecule has 1 aliphatic heterocycles. The Morgan fingerprint density at radius 3 is 2.56 bits per heavy atom. The number of aromatic nitrogens is 3. The molecule has 2 aromatic heterocycles. The fraction of sp³-hybridized carbons (Fsp3) is 0.391. The van der Waals surface area contributed by atoms with E-state index in [1.165, 1.54) is 7.05 Å². The number of nitrogens with one attached hydrogen (secondary N) is 2. The second kappa shape index (κ2) is 9.04. The molecule has 1 aromatic carbocycles. The molecule has 0 saturated carbocycles. The number of carbonyl (C=O) groups is 1. The van der Waals surface area contributed by atoms with Gasteiger partial charge in [-0.2, -0.15) is 4.39 Å². The van der Waals surface area contributed by atoms with Crippen molar-refractivity contribution in [3.05, 3.63) is 63.1 Å². The molecule has 0 unspecified atom stereocenters. The highest BCUT2D eigenvalue weighted by Crippen LogP contribution is 2.23. The van der Waals surface area contributed by atoms with Crippen molar-refractivity contribution in [1.29, 1.82) is 0 Å². The number of halogens is 1. The van der Waals surface area contributed by atoms with Gasteiger partial charge in [0, 0.05) is 39.8 Å². The topological polar surface area (TPSA) is 94.2 Å². The van der Waals surface area contributed by atoms with Gasteiger partial charge in [-0.3, -0.25) is 14.5 Å². The SMILES string of the molecule is CCc1nc2ccc(CN3CCN(c4ccc(C(=O)NC)nc4F)CC3)c(C)c2[nH]c1=O. The van der Waals surface area contributed by atoms with Gasteiger partial charge in [-0.1, -0.05) is 13.0 Å². The number of aryl methyl sites for hydroxylation is 2. The predicted molar refractivity (Wildman–Crippen MR) is 122 cm³/mol. The van der Waals surface area contributed by atoms with E-state index in [9.17, 15) is 14.0 Å². The smallest absolute Gasteiger partial charge is 0.270 e. The third-order valence-electron chi connectivity index (χ3n) is 6.04. The maximum absolute atomic E-state index is 14.5. The number of pyridine rings is 1. The number of H-pyrrole nitrogens is 1. The largest absolute Gasteiger partial charge is 0.365 e. The Labute approximate surface area is 185 Å². The van der Waals surface area contributed by atoms with E-state index in [1.54, 1.807) is 12.1 Å². The summed E-state index contributed by atoms with van der Waals surface area (Å²) in [5.41, 5.74) is 4.64. The Bertz CT molecular complexity index is 1220. The molecule has 2 N–H and O–H groups in total. The summed E-state index contributed by atoms with van der Waals surface area (Å²) in [5, 5.41) is 2.45. The van der Waals surface area contributed by atoms with E-state index in [0.717, 1.165) is 41.8 Å². The highest BCUT2D eigenvalue weighted by molar-refractivity contribution is 5.92. The number of piperazine rings is 1. The number of rotatable bonds is 5. The van der Waals surface area contributed by atoms with Gasteiger partial charge in [0.2, 0.25) is 5.95 Å². The molecule has 168 valence electrons. The summed E-state index contributed by atoms with van der Waals surface area (Å²) in [6.45, 7) is 7.50. The number of carbonyl (C=O) groups excluding carboxylic acids is 1. The van der Waals surface area contributed by atoms with Crippen molar-refractivity contribution in [2.24, 2.45) is 0 Å². The highest BCUT2D eigenvalue weighted by atomic mass is 19.1. The average Bonchev–Trinajstić information content (AvgIpc) is 2.81. The zero-order chi connectivity index (χ0) is 22.8. The van der Waals surface area contributed by atoms with E-state index in [0.29, 0.717) is 30.9 Å². The van der Waals surface area contributed by atoms with Gasteiger partial charge in [-0.05, 0) is 42.7 Å². The molecule has 0 aliphatic carbocycles. The van der Waals surface area contributed by atoms with Crippen LogP contribution in [-0.2, 0) is 13.0 Å². The normalized spacial score (nSPS) is 14.7. The van der Waals surface area contributed by atoms with Crippen molar-refractivity contribution in [3.63, 3.8) is 0 Å². The minimum Gasteiger partial charge on any atom is -0.365 e. The molecule has 32 heavy (non-hydrogen) atoms. The fourth-order valence-corrected chi connectivity index (χ4v) is 4.09. The molecule has 0 spiro atoms. The highest BCUT2D eigenvalue weighted by Gasteiger charge is 2.22. The molecule has 1 saturated heterocycles. The first-order chi connectivity index (χ1) is 15.4. The van der Waals surface area contributed by atoms with Gasteiger partial charge < -0.3 is 15.2 Å². The molecule has 9 heteroatoms. The molecule has 1 fully saturated rings. The summed E-state index contributed by atoms with van der Waals surface area (Å²) in [6.07, 6.45) is 0.598. The van der Waals surface area contributed by atoms with Gasteiger partial charge in [0.05, 0.1) is 16.7 Å². The Hall–Kier alpha value is -3.33. The molecule has 0 atom stereocenters. The van der Waals surface area contributed by atoms with Crippen LogP contribution < -0.4 is 15.8 Å². The van der Waals surface area contributed by atoms with Crippen LogP contribution in [0, 0.1) is 12.9 Å². The standard InChI is InChI=1S/C23H27FN6O2/c1-4-16-23(32)28-20-14(2)15(5-6-17(20)26-16)13-29-9-11-30(12-10-29)19-8-7-18(22(31)25-3)27-21(19)24/h5-8H,4,9-13H2,1-3H3,(H,25,31)(H,28,32). The second-order valence-corrected chi connectivity index (χ2v) is 7.96. The molecule has 1 amide bonds. The summed E-state index contributed by atoms with van der Waals surface area (Å²) in [6, 6.07) is 7.18. The Morgan fingerprint density at radius 1 is 1.16 bits per heavy atom. The van der Waals surface area contributed by atoms with Crippen molar-refractivity contribution < 1.29 is 9.18 Å². The van der Waals surface area contributed by atoms with Crippen LogP contribution in [0.2, 0.25) is 0 Å². The Kier molecular flexibility index (Phi) is 6.18. The zero-order valence-corrected chi connectivity index (χ0v) is 18.5. The Balaban J connectivity index is 1.45. The number of hydrogen-bond donors (Lipinski definition) is 2. The van der Waals surface area contributed by atoms with Crippen molar-refractivity contribution in [1.82, 2.24) is 25.2 Å². The maximum Gasteiger partial charge on any atom is 0.270 e. The van der Waals surface area contributed by atoms with E-state index in [2.05, 4.69) is 31.2 Å². The lowest BCUT2D eigenvalue weighted by molar-refractivity contribution is 0.0957. The number of hydrogen-bond acceptors (Lipinski definition) is 6. The van der Waals surface area contributed by atoms with Gasteiger partial charge in [0.25, 0.3) is 11.5 Å². The molecule has 0 radical (unpaired) electrons. The van der Waals surface area contributed by atoms with Crippen molar-refractivity contribution in [3.8, 4) is 0 Å². The van der Waals surface area contributed by atoms with Crippen LogP contribution in [0.25, 0.3) is 11.0 Å². The number of benzene rings is 1. The van der Waals surface area contributed by atoms with Gasteiger partial charge >= 0.3 is 0 Å². The lowest BCUT2D eigenvalue weighted by Crippen LogP contribution is -2.46. The molecule has 0 bridgehead atoms.